The van der Waals surface area contributed by atoms with Crippen molar-refractivity contribution in [1.82, 2.24) is 4.90 Å². The van der Waals surface area contributed by atoms with Gasteiger partial charge in [-0.25, -0.2) is 0 Å². The molecule has 0 atom stereocenters. The first-order chi connectivity index (χ1) is 16.7. The molecule has 0 bridgehead atoms. The maximum absolute atomic E-state index is 12.9. The summed E-state index contributed by atoms with van der Waals surface area (Å²) in [4.78, 5) is 47.6. The highest BCUT2D eigenvalue weighted by Crippen LogP contribution is 2.38. The molecule has 2 amide bonds. The molecule has 0 N–H and O–H groups in total. The fourth-order valence-electron chi connectivity index (χ4n) is 3.21. The first-order valence-corrected chi connectivity index (χ1v) is 11.8. The quantitative estimate of drug-likeness (QED) is 0.136. The lowest BCUT2D eigenvalue weighted by molar-refractivity contribution is -0.394. The van der Waals surface area contributed by atoms with E-state index in [-0.39, 0.29) is 22.9 Å². The van der Waals surface area contributed by atoms with Gasteiger partial charge in [0.25, 0.3) is 16.8 Å². The van der Waals surface area contributed by atoms with E-state index in [0.717, 1.165) is 44.0 Å². The molecule has 0 aliphatic carbocycles. The van der Waals surface area contributed by atoms with Crippen LogP contribution in [0.15, 0.2) is 71.6 Å². The number of rotatable bonds is 7. The zero-order chi connectivity index (χ0) is 25.1. The largest absolute Gasteiger partial charge is 0.449 e. The van der Waals surface area contributed by atoms with Gasteiger partial charge in [-0.2, -0.15) is 0 Å². The van der Waals surface area contributed by atoms with Gasteiger partial charge in [-0.1, -0.05) is 30.3 Å². The van der Waals surface area contributed by atoms with Gasteiger partial charge in [-0.15, -0.1) is 0 Å². The topological polar surface area (TPSA) is 133 Å². The summed E-state index contributed by atoms with van der Waals surface area (Å²) in [5.41, 5.74) is 0.189. The van der Waals surface area contributed by atoms with E-state index in [0.29, 0.717) is 5.56 Å². The van der Waals surface area contributed by atoms with Crippen LogP contribution in [0, 0.1) is 23.8 Å². The van der Waals surface area contributed by atoms with E-state index in [1.165, 1.54) is 12.1 Å². The van der Waals surface area contributed by atoms with Crippen molar-refractivity contribution in [1.29, 1.82) is 0 Å². The van der Waals surface area contributed by atoms with E-state index >= 15 is 0 Å². The van der Waals surface area contributed by atoms with Gasteiger partial charge in [0.05, 0.1) is 27.4 Å². The van der Waals surface area contributed by atoms with Gasteiger partial charge in [0.15, 0.2) is 0 Å². The van der Waals surface area contributed by atoms with Crippen LogP contribution in [0.1, 0.15) is 11.1 Å². The van der Waals surface area contributed by atoms with E-state index in [2.05, 4.69) is 22.6 Å². The molecule has 3 aromatic rings. The molecular formula is C23H14IN3O7S. The molecule has 0 radical (unpaired) electrons. The summed E-state index contributed by atoms with van der Waals surface area (Å²) >= 11 is 2.95. The Kier molecular flexibility index (Phi) is 7.12. The molecule has 4 rings (SSSR count). The van der Waals surface area contributed by atoms with Crippen LogP contribution in [0.3, 0.4) is 0 Å². The Bertz CT molecular complexity index is 1390. The van der Waals surface area contributed by atoms with Crippen LogP contribution >= 0.6 is 34.4 Å². The molecule has 1 saturated heterocycles. The average Bonchev–Trinajstić information content (AvgIpc) is 3.09. The van der Waals surface area contributed by atoms with Gasteiger partial charge in [0.1, 0.15) is 5.75 Å². The van der Waals surface area contributed by atoms with Crippen molar-refractivity contribution < 1.29 is 24.2 Å². The molecule has 176 valence electrons. The number of halogens is 1. The number of thioether (sulfide) groups is 1. The average molecular weight is 603 g/mol. The van der Waals surface area contributed by atoms with E-state index < -0.39 is 32.4 Å². The third-order valence-corrected chi connectivity index (χ3v) is 6.53. The zero-order valence-electron chi connectivity index (χ0n) is 17.6. The number of amides is 2. The number of nitrogens with zero attached hydrogens (tertiary/aromatic N) is 3. The summed E-state index contributed by atoms with van der Waals surface area (Å²) in [5, 5.41) is 22.0. The molecule has 3 aromatic carbocycles. The summed E-state index contributed by atoms with van der Waals surface area (Å²) in [5.74, 6) is -0.489. The highest BCUT2D eigenvalue weighted by molar-refractivity contribution is 14.1. The fourth-order valence-corrected chi connectivity index (χ4v) is 4.40. The summed E-state index contributed by atoms with van der Waals surface area (Å²) in [7, 11) is 0. The second kappa shape index (κ2) is 10.2. The van der Waals surface area contributed by atoms with Gasteiger partial charge in [0.2, 0.25) is 5.75 Å². The number of hydrogen-bond donors (Lipinski definition) is 0. The highest BCUT2D eigenvalue weighted by Gasteiger charge is 2.35. The van der Waals surface area contributed by atoms with Gasteiger partial charge >= 0.3 is 5.69 Å². The van der Waals surface area contributed by atoms with Gasteiger partial charge in [-0.05, 0) is 70.3 Å². The van der Waals surface area contributed by atoms with Crippen LogP contribution in [0.2, 0.25) is 0 Å². The van der Waals surface area contributed by atoms with Crippen LogP contribution in [-0.4, -0.2) is 25.9 Å². The van der Waals surface area contributed by atoms with E-state index in [9.17, 15) is 29.8 Å². The Balaban J connectivity index is 1.61. The lowest BCUT2D eigenvalue weighted by atomic mass is 10.1. The molecule has 12 heteroatoms. The molecular weight excluding hydrogens is 589 g/mol. The zero-order valence-corrected chi connectivity index (χ0v) is 20.6. The summed E-state index contributed by atoms with van der Waals surface area (Å²) in [6.07, 6.45) is 1.48. The number of carbonyl (C=O) groups is 2. The van der Waals surface area contributed by atoms with E-state index in [4.69, 9.17) is 4.74 Å². The van der Waals surface area contributed by atoms with Gasteiger partial charge in [-0.3, -0.25) is 34.7 Å². The van der Waals surface area contributed by atoms with Crippen molar-refractivity contribution in [3.05, 3.63) is 107 Å². The Morgan fingerprint density at radius 3 is 2.34 bits per heavy atom. The number of ether oxygens (including phenoxy) is 1. The Labute approximate surface area is 216 Å². The number of imide groups is 1. The van der Waals surface area contributed by atoms with Gasteiger partial charge < -0.3 is 4.74 Å². The van der Waals surface area contributed by atoms with Crippen molar-refractivity contribution in [3.8, 4) is 11.5 Å². The van der Waals surface area contributed by atoms with Gasteiger partial charge in [0, 0.05) is 15.2 Å². The highest BCUT2D eigenvalue weighted by atomic mass is 127. The minimum atomic E-state index is -0.777. The van der Waals surface area contributed by atoms with Crippen LogP contribution in [0.4, 0.5) is 16.2 Å². The molecule has 10 nitrogen and oxygen atoms in total. The summed E-state index contributed by atoms with van der Waals surface area (Å²) in [6, 6.07) is 17.0. The predicted molar refractivity (Wildman–Crippen MR) is 137 cm³/mol. The molecule has 1 aliphatic heterocycles. The number of non-ortho nitro benzene ring substituents is 1. The summed E-state index contributed by atoms with van der Waals surface area (Å²) < 4.78 is 6.75. The number of nitro groups is 2. The molecule has 0 unspecified atom stereocenters. The molecule has 35 heavy (non-hydrogen) atoms. The number of para-hydroxylation sites is 1. The minimum absolute atomic E-state index is 0.131. The van der Waals surface area contributed by atoms with Crippen LogP contribution < -0.4 is 4.74 Å². The Morgan fingerprint density at radius 1 is 0.943 bits per heavy atom. The smallest absolute Gasteiger partial charge is 0.318 e. The van der Waals surface area contributed by atoms with Crippen molar-refractivity contribution in [2.75, 3.05) is 0 Å². The first kappa shape index (κ1) is 24.3. The second-order valence-electron chi connectivity index (χ2n) is 7.20. The standard InChI is InChI=1S/C23H14IN3O7S/c24-16-7-5-14(6-8-16)13-25-22(28)21(35-23(25)29)11-15-3-1-2-4-19(15)34-20-10-9-17(26(30)31)12-18(20)27(32)33/h1-12H,13H2/b21-11+. The molecule has 1 heterocycles. The van der Waals surface area contributed by atoms with Crippen molar-refractivity contribution in [2.45, 2.75) is 6.54 Å². The first-order valence-electron chi connectivity index (χ1n) is 9.92. The molecule has 0 spiro atoms. The second-order valence-corrected chi connectivity index (χ2v) is 9.44. The lowest BCUT2D eigenvalue weighted by Crippen LogP contribution is -2.27. The maximum Gasteiger partial charge on any atom is 0.318 e. The molecule has 1 aliphatic rings. The SMILES string of the molecule is O=C1S/C(=C/c2ccccc2Oc2ccc([N+](=O)[O-])cc2[N+](=O)[O-])C(=O)N1Cc1ccc(I)cc1. The lowest BCUT2D eigenvalue weighted by Gasteiger charge is -2.12. The minimum Gasteiger partial charge on any atom is -0.449 e. The number of carbonyl (C=O) groups excluding carboxylic acids is 2. The Morgan fingerprint density at radius 2 is 1.66 bits per heavy atom. The molecule has 1 fully saturated rings. The van der Waals surface area contributed by atoms with Crippen molar-refractivity contribution in [2.24, 2.45) is 0 Å². The number of benzene rings is 3. The Hall–Kier alpha value is -3.78. The predicted octanol–water partition coefficient (Wildman–Crippen LogP) is 6.14. The molecule has 0 aromatic heterocycles. The summed E-state index contributed by atoms with van der Waals surface area (Å²) in [6.45, 7) is 0.131. The van der Waals surface area contributed by atoms with E-state index in [1.54, 1.807) is 18.2 Å². The third-order valence-electron chi connectivity index (χ3n) is 4.90. The fraction of sp³-hybridized carbons (Fsp3) is 0.0435. The van der Waals surface area contributed by atoms with Crippen molar-refractivity contribution >= 4 is 62.9 Å². The maximum atomic E-state index is 12.9. The monoisotopic (exact) mass is 603 g/mol. The number of hydrogen-bond acceptors (Lipinski definition) is 8. The van der Waals surface area contributed by atoms with Crippen molar-refractivity contribution in [3.63, 3.8) is 0 Å². The van der Waals surface area contributed by atoms with Crippen LogP contribution in [-0.2, 0) is 11.3 Å². The normalized spacial score (nSPS) is 14.4. The van der Waals surface area contributed by atoms with E-state index in [1.807, 2.05) is 24.3 Å². The van der Waals surface area contributed by atoms with Crippen LogP contribution in [0.5, 0.6) is 11.5 Å². The third kappa shape index (κ3) is 5.49. The number of nitro benzene ring substituents is 2. The van der Waals surface area contributed by atoms with Crippen LogP contribution in [0.25, 0.3) is 6.08 Å². The molecule has 0 saturated carbocycles.